The topological polar surface area (TPSA) is 96.6 Å². The van der Waals surface area contributed by atoms with Gasteiger partial charge in [0, 0.05) is 0 Å². The second-order valence-corrected chi connectivity index (χ2v) is 4.36. The zero-order valence-corrected chi connectivity index (χ0v) is 8.86. The van der Waals surface area contributed by atoms with E-state index < -0.39 is 19.2 Å². The Kier molecular flexibility index (Phi) is 5.39. The van der Waals surface area contributed by atoms with Gasteiger partial charge < -0.3 is 14.2 Å². The summed E-state index contributed by atoms with van der Waals surface area (Å²) in [7, 11) is -3.85. The minimum Gasteiger partial charge on any atom is -0.480 e. The lowest BCUT2D eigenvalue weighted by atomic mass is 10.5. The third-order valence-corrected chi connectivity index (χ3v) is 3.50. The minimum atomic E-state index is -3.85. The molecule has 1 N–H and O–H groups in total. The van der Waals surface area contributed by atoms with Crippen LogP contribution in [0.4, 0.5) is 0 Å². The number of aliphatic carboxylic acids is 1. The molecule has 0 spiro atoms. The van der Waals surface area contributed by atoms with Crippen LogP contribution in [-0.2, 0) is 18.4 Å². The molecule has 0 amide bonds. The average Bonchev–Trinajstić information content (AvgIpc) is 2.04. The molecule has 1 atom stereocenters. The molecule has 0 aromatic rings. The van der Waals surface area contributed by atoms with Gasteiger partial charge in [-0.3, -0.25) is 9.36 Å². The highest BCUT2D eigenvalue weighted by molar-refractivity contribution is 7.56. The molecule has 1 unspecified atom stereocenters. The van der Waals surface area contributed by atoms with Gasteiger partial charge in [-0.1, -0.05) is 0 Å². The summed E-state index contributed by atoms with van der Waals surface area (Å²) in [6, 6.07) is 1.40. The number of carboxylic acid groups (broad SMARTS) is 1. The number of hydrogen-bond donors (Lipinski definition) is 1. The lowest BCUT2D eigenvalue weighted by molar-refractivity contribution is -0.135. The van der Waals surface area contributed by atoms with E-state index in [-0.39, 0.29) is 13.2 Å². The molecule has 80 valence electrons. The molecule has 0 heterocycles. The predicted molar refractivity (Wildman–Crippen MR) is 47.9 cm³/mol. The van der Waals surface area contributed by atoms with E-state index >= 15 is 0 Å². The first-order valence-corrected chi connectivity index (χ1v) is 5.64. The first kappa shape index (κ1) is 13.1. The van der Waals surface area contributed by atoms with Crippen molar-refractivity contribution in [2.45, 2.75) is 19.5 Å². The molecule has 6 nitrogen and oxygen atoms in total. The Morgan fingerprint density at radius 3 is 2.14 bits per heavy atom. The Hall–Kier alpha value is -0.890. The van der Waals surface area contributed by atoms with Crippen LogP contribution in [0.25, 0.3) is 0 Å². The molecule has 0 radical (unpaired) electrons. The van der Waals surface area contributed by atoms with Gasteiger partial charge in [0.1, 0.15) is 0 Å². The van der Waals surface area contributed by atoms with Crippen molar-refractivity contribution in [3.63, 3.8) is 0 Å². The maximum atomic E-state index is 11.7. The summed E-state index contributed by atoms with van der Waals surface area (Å²) in [5.74, 6) is -1.50. The van der Waals surface area contributed by atoms with Crippen LogP contribution in [0.15, 0.2) is 0 Å². The fraction of sp³-hybridized carbons (Fsp3) is 0.714. The van der Waals surface area contributed by atoms with E-state index in [1.165, 1.54) is 6.07 Å². The molecule has 0 aromatic heterocycles. The van der Waals surface area contributed by atoms with Gasteiger partial charge in [0.15, 0.2) is 0 Å². The van der Waals surface area contributed by atoms with Crippen molar-refractivity contribution in [3.8, 4) is 6.07 Å². The maximum Gasteiger partial charge on any atom is 0.359 e. The zero-order valence-electron chi connectivity index (χ0n) is 7.97. The Morgan fingerprint density at radius 1 is 1.50 bits per heavy atom. The molecule has 0 bridgehead atoms. The van der Waals surface area contributed by atoms with Gasteiger partial charge in [-0.05, 0) is 13.8 Å². The van der Waals surface area contributed by atoms with Gasteiger partial charge in [-0.15, -0.1) is 0 Å². The molecule has 0 aromatic carbocycles. The number of hydrogen-bond acceptors (Lipinski definition) is 5. The number of nitriles is 1. The monoisotopic (exact) mass is 221 g/mol. The molecule has 0 fully saturated rings. The van der Waals surface area contributed by atoms with E-state index in [2.05, 4.69) is 0 Å². The summed E-state index contributed by atoms with van der Waals surface area (Å²) in [5, 5.41) is 17.1. The molecule has 7 heteroatoms. The second-order valence-electron chi connectivity index (χ2n) is 2.25. The van der Waals surface area contributed by atoms with Crippen LogP contribution in [0.5, 0.6) is 0 Å². The first-order chi connectivity index (χ1) is 6.51. The van der Waals surface area contributed by atoms with Crippen molar-refractivity contribution in [3.05, 3.63) is 0 Å². The Bertz CT molecular complexity index is 274. The van der Waals surface area contributed by atoms with Crippen molar-refractivity contribution < 1.29 is 23.5 Å². The quantitative estimate of drug-likeness (QED) is 0.677. The number of carboxylic acids is 1. The van der Waals surface area contributed by atoms with Crippen molar-refractivity contribution in [2.75, 3.05) is 13.2 Å². The SMILES string of the molecule is CCOP(=O)(OCC)C(C#N)C(=O)O. The lowest BCUT2D eigenvalue weighted by Crippen LogP contribution is -2.21. The van der Waals surface area contributed by atoms with E-state index in [0.29, 0.717) is 0 Å². The molecule has 0 aliphatic heterocycles. The first-order valence-electron chi connectivity index (χ1n) is 4.03. The van der Waals surface area contributed by atoms with Gasteiger partial charge in [0.2, 0.25) is 5.66 Å². The smallest absolute Gasteiger partial charge is 0.359 e. The summed E-state index contributed by atoms with van der Waals surface area (Å²) < 4.78 is 21.2. The van der Waals surface area contributed by atoms with Crippen molar-refractivity contribution >= 4 is 13.6 Å². The van der Waals surface area contributed by atoms with E-state index in [9.17, 15) is 9.36 Å². The Morgan fingerprint density at radius 2 is 1.93 bits per heavy atom. The molecular formula is C7H12NO5P. The molecule has 14 heavy (non-hydrogen) atoms. The molecule has 0 aliphatic rings. The molecular weight excluding hydrogens is 209 g/mol. The van der Waals surface area contributed by atoms with Crippen LogP contribution in [0, 0.1) is 11.3 Å². The number of carbonyl (C=O) groups is 1. The van der Waals surface area contributed by atoms with Crippen molar-refractivity contribution in [1.82, 2.24) is 0 Å². The van der Waals surface area contributed by atoms with Crippen LogP contribution in [-0.4, -0.2) is 29.9 Å². The molecule has 0 rings (SSSR count). The second kappa shape index (κ2) is 5.76. The number of nitrogens with zero attached hydrogens (tertiary/aromatic N) is 1. The highest BCUT2D eigenvalue weighted by Crippen LogP contribution is 2.52. The summed E-state index contributed by atoms with van der Waals surface area (Å²) in [6.45, 7) is 3.15. The lowest BCUT2D eigenvalue weighted by Gasteiger charge is -2.18. The molecule has 0 saturated carbocycles. The largest absolute Gasteiger partial charge is 0.480 e. The van der Waals surface area contributed by atoms with Gasteiger partial charge >= 0.3 is 13.6 Å². The van der Waals surface area contributed by atoms with Crippen LogP contribution in [0.2, 0.25) is 0 Å². The summed E-state index contributed by atoms with van der Waals surface area (Å²) >= 11 is 0. The van der Waals surface area contributed by atoms with E-state index in [1.54, 1.807) is 13.8 Å². The number of rotatable bonds is 6. The molecule has 0 saturated heterocycles. The van der Waals surface area contributed by atoms with Crippen molar-refractivity contribution in [2.24, 2.45) is 0 Å². The Balaban J connectivity index is 4.88. The van der Waals surface area contributed by atoms with Gasteiger partial charge in [0.05, 0.1) is 19.3 Å². The van der Waals surface area contributed by atoms with Gasteiger partial charge in [-0.25, -0.2) is 0 Å². The highest BCUT2D eigenvalue weighted by Gasteiger charge is 2.41. The Labute approximate surface area is 82.0 Å². The standard InChI is InChI=1S/C7H12NO5P/c1-3-12-14(11,13-4-2)6(5-8)7(9)10/h6H,3-4H2,1-2H3,(H,9,10). The summed E-state index contributed by atoms with van der Waals surface area (Å²) in [4.78, 5) is 10.6. The van der Waals surface area contributed by atoms with Crippen LogP contribution in [0.3, 0.4) is 0 Å². The average molecular weight is 221 g/mol. The van der Waals surface area contributed by atoms with Crippen LogP contribution in [0.1, 0.15) is 13.8 Å². The third kappa shape index (κ3) is 3.11. The fourth-order valence-electron chi connectivity index (χ4n) is 0.807. The van der Waals surface area contributed by atoms with Crippen LogP contribution < -0.4 is 0 Å². The van der Waals surface area contributed by atoms with E-state index in [0.717, 1.165) is 0 Å². The maximum absolute atomic E-state index is 11.7. The van der Waals surface area contributed by atoms with Crippen LogP contribution >= 0.6 is 7.60 Å². The van der Waals surface area contributed by atoms with E-state index in [1.807, 2.05) is 0 Å². The predicted octanol–water partition coefficient (Wildman–Crippen LogP) is 1.23. The van der Waals surface area contributed by atoms with Gasteiger partial charge in [-0.2, -0.15) is 5.26 Å². The fourth-order valence-corrected chi connectivity index (χ4v) is 2.31. The summed E-state index contributed by atoms with van der Waals surface area (Å²) in [5.41, 5.74) is -1.76. The van der Waals surface area contributed by atoms with E-state index in [4.69, 9.17) is 19.4 Å². The zero-order chi connectivity index (χ0) is 11.2. The van der Waals surface area contributed by atoms with Crippen molar-refractivity contribution in [1.29, 1.82) is 5.26 Å². The summed E-state index contributed by atoms with van der Waals surface area (Å²) in [6.07, 6.45) is 0. The van der Waals surface area contributed by atoms with Gasteiger partial charge in [0.25, 0.3) is 0 Å². The minimum absolute atomic E-state index is 0.0305. The third-order valence-electron chi connectivity index (χ3n) is 1.29. The highest BCUT2D eigenvalue weighted by atomic mass is 31.2. The molecule has 0 aliphatic carbocycles. The normalized spacial score (nSPS) is 13.2.